The Labute approximate surface area is 128 Å². The van der Waals surface area contributed by atoms with Gasteiger partial charge in [0, 0.05) is 26.3 Å². The zero-order valence-corrected chi connectivity index (χ0v) is 13.8. The van der Waals surface area contributed by atoms with Crippen LogP contribution in [0.15, 0.2) is 0 Å². The van der Waals surface area contributed by atoms with Crippen LogP contribution in [0.4, 0.5) is 0 Å². The number of methoxy groups -OCH3 is 1. The van der Waals surface area contributed by atoms with Gasteiger partial charge in [0.25, 0.3) is 0 Å². The fourth-order valence-corrected chi connectivity index (χ4v) is 2.85. The van der Waals surface area contributed by atoms with Gasteiger partial charge < -0.3 is 15.4 Å². The van der Waals surface area contributed by atoms with Gasteiger partial charge in [0.05, 0.1) is 0 Å². The van der Waals surface area contributed by atoms with Gasteiger partial charge in [-0.15, -0.1) is 0 Å². The first-order chi connectivity index (χ1) is 9.84. The van der Waals surface area contributed by atoms with Crippen LogP contribution >= 0.6 is 0 Å². The second-order valence-electron chi connectivity index (χ2n) is 6.99. The Balaban J connectivity index is 2.25. The van der Waals surface area contributed by atoms with Crippen molar-refractivity contribution >= 4 is 11.8 Å². The number of hydrogen-bond donors (Lipinski definition) is 2. The van der Waals surface area contributed by atoms with E-state index in [0.29, 0.717) is 30.9 Å². The van der Waals surface area contributed by atoms with Crippen LogP contribution in [0, 0.1) is 11.3 Å². The van der Waals surface area contributed by atoms with Crippen molar-refractivity contribution in [1.29, 1.82) is 0 Å². The smallest absolute Gasteiger partial charge is 0.309 e. The first kappa shape index (κ1) is 18.0. The third-order valence-corrected chi connectivity index (χ3v) is 4.30. The standard InChI is InChI=1S/C16H30N2O3/c1-16(2,3)12-6-8-13(9-7-12)18-15(20)14(19)17-10-5-11-21-4/h12-13H,5-11H2,1-4H3,(H,17,19)(H,18,20). The zero-order chi connectivity index (χ0) is 15.9. The van der Waals surface area contributed by atoms with Crippen molar-refractivity contribution in [3.8, 4) is 0 Å². The number of carbonyl (C=O) groups is 2. The Morgan fingerprint density at radius 2 is 1.71 bits per heavy atom. The number of nitrogens with one attached hydrogen (secondary N) is 2. The number of carbonyl (C=O) groups excluding carboxylic acids is 2. The van der Waals surface area contributed by atoms with Gasteiger partial charge in [0.15, 0.2) is 0 Å². The predicted octanol–water partition coefficient (Wildman–Crippen LogP) is 1.86. The van der Waals surface area contributed by atoms with E-state index < -0.39 is 11.8 Å². The van der Waals surface area contributed by atoms with E-state index in [1.807, 2.05) is 0 Å². The molecule has 1 rings (SSSR count). The van der Waals surface area contributed by atoms with Crippen LogP contribution in [0.25, 0.3) is 0 Å². The van der Waals surface area contributed by atoms with E-state index in [1.165, 1.54) is 0 Å². The SMILES string of the molecule is COCCCNC(=O)C(=O)NC1CCC(C(C)(C)C)CC1. The highest BCUT2D eigenvalue weighted by Crippen LogP contribution is 2.37. The second kappa shape index (κ2) is 8.37. The maximum Gasteiger partial charge on any atom is 0.309 e. The molecule has 5 heteroatoms. The van der Waals surface area contributed by atoms with Gasteiger partial charge in [0.1, 0.15) is 0 Å². The molecule has 1 saturated carbocycles. The Kier molecular flexibility index (Phi) is 7.15. The molecule has 0 atom stereocenters. The van der Waals surface area contributed by atoms with Crippen LogP contribution in [0.3, 0.4) is 0 Å². The van der Waals surface area contributed by atoms with Gasteiger partial charge in [-0.2, -0.15) is 0 Å². The lowest BCUT2D eigenvalue weighted by Gasteiger charge is -2.37. The summed E-state index contributed by atoms with van der Waals surface area (Å²) in [6, 6.07) is 0.140. The first-order valence-corrected chi connectivity index (χ1v) is 7.92. The van der Waals surface area contributed by atoms with Crippen molar-refractivity contribution in [3.63, 3.8) is 0 Å². The monoisotopic (exact) mass is 298 g/mol. The molecule has 1 fully saturated rings. The van der Waals surface area contributed by atoms with Gasteiger partial charge in [-0.05, 0) is 43.4 Å². The molecule has 1 aliphatic rings. The summed E-state index contributed by atoms with van der Waals surface area (Å²) in [4.78, 5) is 23.4. The average Bonchev–Trinajstić information content (AvgIpc) is 2.43. The molecule has 0 aromatic heterocycles. The summed E-state index contributed by atoms with van der Waals surface area (Å²) < 4.78 is 4.89. The lowest BCUT2D eigenvalue weighted by Crippen LogP contribution is -2.46. The average molecular weight is 298 g/mol. The lowest BCUT2D eigenvalue weighted by atomic mass is 9.71. The summed E-state index contributed by atoms with van der Waals surface area (Å²) in [6.07, 6.45) is 4.87. The van der Waals surface area contributed by atoms with E-state index in [4.69, 9.17) is 4.74 Å². The molecule has 0 aliphatic heterocycles. The molecule has 0 saturated heterocycles. The van der Waals surface area contributed by atoms with Gasteiger partial charge in [-0.3, -0.25) is 9.59 Å². The van der Waals surface area contributed by atoms with Crippen molar-refractivity contribution in [2.24, 2.45) is 11.3 Å². The fourth-order valence-electron chi connectivity index (χ4n) is 2.85. The number of ether oxygens (including phenoxy) is 1. The van der Waals surface area contributed by atoms with E-state index in [-0.39, 0.29) is 6.04 Å². The maximum atomic E-state index is 11.8. The van der Waals surface area contributed by atoms with Crippen LogP contribution in [0.5, 0.6) is 0 Å². The van der Waals surface area contributed by atoms with E-state index in [9.17, 15) is 9.59 Å². The first-order valence-electron chi connectivity index (χ1n) is 7.92. The van der Waals surface area contributed by atoms with E-state index >= 15 is 0 Å². The molecular formula is C16H30N2O3. The van der Waals surface area contributed by atoms with Crippen molar-refractivity contribution in [3.05, 3.63) is 0 Å². The topological polar surface area (TPSA) is 67.4 Å². The highest BCUT2D eigenvalue weighted by molar-refractivity contribution is 6.35. The highest BCUT2D eigenvalue weighted by Gasteiger charge is 2.30. The molecule has 1 aliphatic carbocycles. The van der Waals surface area contributed by atoms with Crippen LogP contribution in [0.2, 0.25) is 0 Å². The largest absolute Gasteiger partial charge is 0.385 e. The molecule has 0 unspecified atom stereocenters. The molecule has 122 valence electrons. The zero-order valence-electron chi connectivity index (χ0n) is 13.8. The van der Waals surface area contributed by atoms with Crippen molar-refractivity contribution in [1.82, 2.24) is 10.6 Å². The Morgan fingerprint density at radius 3 is 2.24 bits per heavy atom. The molecular weight excluding hydrogens is 268 g/mol. The van der Waals surface area contributed by atoms with Crippen LogP contribution in [-0.2, 0) is 14.3 Å². The number of hydrogen-bond acceptors (Lipinski definition) is 3. The Hall–Kier alpha value is -1.10. The Morgan fingerprint density at radius 1 is 1.10 bits per heavy atom. The number of rotatable bonds is 5. The number of amides is 2. The van der Waals surface area contributed by atoms with Gasteiger partial charge >= 0.3 is 11.8 Å². The van der Waals surface area contributed by atoms with Gasteiger partial charge in [-0.25, -0.2) is 0 Å². The molecule has 2 N–H and O–H groups in total. The summed E-state index contributed by atoms with van der Waals surface area (Å²) in [7, 11) is 1.61. The summed E-state index contributed by atoms with van der Waals surface area (Å²) in [6.45, 7) is 7.85. The minimum atomic E-state index is -0.538. The minimum Gasteiger partial charge on any atom is -0.385 e. The van der Waals surface area contributed by atoms with Crippen molar-refractivity contribution in [2.45, 2.75) is 58.9 Å². The van der Waals surface area contributed by atoms with Crippen molar-refractivity contribution < 1.29 is 14.3 Å². The second-order valence-corrected chi connectivity index (χ2v) is 6.99. The summed E-state index contributed by atoms with van der Waals surface area (Å²) in [5.74, 6) is -0.343. The summed E-state index contributed by atoms with van der Waals surface area (Å²) >= 11 is 0. The summed E-state index contributed by atoms with van der Waals surface area (Å²) in [5, 5.41) is 5.46. The third kappa shape index (κ3) is 6.46. The minimum absolute atomic E-state index is 0.140. The van der Waals surface area contributed by atoms with E-state index in [0.717, 1.165) is 25.7 Å². The van der Waals surface area contributed by atoms with Crippen molar-refractivity contribution in [2.75, 3.05) is 20.3 Å². The predicted molar refractivity (Wildman–Crippen MR) is 82.8 cm³/mol. The molecule has 2 amide bonds. The Bertz CT molecular complexity index is 342. The van der Waals surface area contributed by atoms with Crippen LogP contribution < -0.4 is 10.6 Å². The highest BCUT2D eigenvalue weighted by atomic mass is 16.5. The molecule has 0 aromatic carbocycles. The van der Waals surface area contributed by atoms with Gasteiger partial charge in [0.2, 0.25) is 0 Å². The maximum absolute atomic E-state index is 11.8. The van der Waals surface area contributed by atoms with E-state index in [1.54, 1.807) is 7.11 Å². The third-order valence-electron chi connectivity index (χ3n) is 4.30. The molecule has 0 heterocycles. The van der Waals surface area contributed by atoms with Crippen LogP contribution in [-0.4, -0.2) is 38.1 Å². The molecule has 0 spiro atoms. The van der Waals surface area contributed by atoms with Crippen LogP contribution in [0.1, 0.15) is 52.9 Å². The molecule has 0 aromatic rings. The molecule has 0 bridgehead atoms. The lowest BCUT2D eigenvalue weighted by molar-refractivity contribution is -0.139. The van der Waals surface area contributed by atoms with Gasteiger partial charge in [-0.1, -0.05) is 20.8 Å². The summed E-state index contributed by atoms with van der Waals surface area (Å²) in [5.41, 5.74) is 0.327. The normalized spacial score (nSPS) is 22.7. The molecule has 0 radical (unpaired) electrons. The fraction of sp³-hybridized carbons (Fsp3) is 0.875. The van der Waals surface area contributed by atoms with E-state index in [2.05, 4.69) is 31.4 Å². The quantitative estimate of drug-likeness (QED) is 0.601. The molecule has 5 nitrogen and oxygen atoms in total. The molecule has 21 heavy (non-hydrogen) atoms.